The number of carbonyl (C=O) groups is 2. The molecule has 0 bridgehead atoms. The topological polar surface area (TPSA) is 46.2 Å². The van der Waals surface area contributed by atoms with Crippen LogP contribution in [0.1, 0.15) is 61.6 Å². The Morgan fingerprint density at radius 1 is 1.18 bits per heavy atom. The van der Waals surface area contributed by atoms with Gasteiger partial charge >= 0.3 is 0 Å². The van der Waals surface area contributed by atoms with Crippen molar-refractivity contribution in [3.8, 4) is 0 Å². The van der Waals surface area contributed by atoms with Crippen molar-refractivity contribution >= 4 is 11.7 Å². The predicted octanol–water partition coefficient (Wildman–Crippen LogP) is 3.42. The van der Waals surface area contributed by atoms with E-state index in [0.29, 0.717) is 5.92 Å². The second-order valence-corrected chi connectivity index (χ2v) is 7.08. The summed E-state index contributed by atoms with van der Waals surface area (Å²) in [5, 5.41) is 3.07. The van der Waals surface area contributed by atoms with Crippen LogP contribution >= 0.6 is 0 Å². The number of benzene rings is 1. The monoisotopic (exact) mass is 299 g/mol. The van der Waals surface area contributed by atoms with Crippen LogP contribution in [0, 0.1) is 19.8 Å². The first-order valence-electron chi connectivity index (χ1n) is 8.40. The highest BCUT2D eigenvalue weighted by atomic mass is 16.2. The van der Waals surface area contributed by atoms with Crippen LogP contribution in [-0.2, 0) is 9.59 Å². The molecule has 3 nitrogen and oxygen atoms in total. The quantitative estimate of drug-likeness (QED) is 0.850. The number of rotatable bonds is 2. The third-order valence-electron chi connectivity index (χ3n) is 5.64. The molecule has 1 saturated heterocycles. The normalized spacial score (nSPS) is 31.6. The Balaban J connectivity index is 1.91. The lowest BCUT2D eigenvalue weighted by Crippen LogP contribution is -2.49. The smallest absolute Gasteiger partial charge is 0.235 e. The Bertz CT molecular complexity index is 612. The molecule has 1 unspecified atom stereocenters. The highest BCUT2D eigenvalue weighted by molar-refractivity contribution is 6.17. The van der Waals surface area contributed by atoms with E-state index < -0.39 is 11.5 Å². The molecular weight excluding hydrogens is 274 g/mol. The molecule has 3 rings (SSSR count). The largest absolute Gasteiger partial charge is 0.343 e. The van der Waals surface area contributed by atoms with Gasteiger partial charge in [0.15, 0.2) is 5.78 Å². The van der Waals surface area contributed by atoms with Crippen molar-refractivity contribution in [1.29, 1.82) is 0 Å². The molecule has 2 aliphatic rings. The van der Waals surface area contributed by atoms with Crippen molar-refractivity contribution in [2.45, 2.75) is 64.3 Å². The Morgan fingerprint density at radius 2 is 1.86 bits per heavy atom. The van der Waals surface area contributed by atoms with E-state index in [2.05, 4.69) is 12.2 Å². The Morgan fingerprint density at radius 3 is 2.50 bits per heavy atom. The van der Waals surface area contributed by atoms with Crippen molar-refractivity contribution in [2.24, 2.45) is 5.92 Å². The summed E-state index contributed by atoms with van der Waals surface area (Å²) in [6, 6.07) is 6.02. The average Bonchev–Trinajstić information content (AvgIpc) is 2.74. The molecule has 1 aromatic rings. The summed E-state index contributed by atoms with van der Waals surface area (Å²) >= 11 is 0. The van der Waals surface area contributed by atoms with Crippen LogP contribution in [0.2, 0.25) is 0 Å². The van der Waals surface area contributed by atoms with Gasteiger partial charge in [-0.2, -0.15) is 0 Å². The van der Waals surface area contributed by atoms with Crippen LogP contribution in [0.15, 0.2) is 18.2 Å². The third-order valence-corrected chi connectivity index (χ3v) is 5.64. The van der Waals surface area contributed by atoms with Gasteiger partial charge in [0, 0.05) is 0 Å². The molecule has 22 heavy (non-hydrogen) atoms. The van der Waals surface area contributed by atoms with Gasteiger partial charge < -0.3 is 5.32 Å². The van der Waals surface area contributed by atoms with Gasteiger partial charge in [-0.25, -0.2) is 0 Å². The van der Waals surface area contributed by atoms with Gasteiger partial charge in [-0.3, -0.25) is 9.59 Å². The molecule has 3 heteroatoms. The van der Waals surface area contributed by atoms with Gasteiger partial charge in [0.25, 0.3) is 0 Å². The molecular formula is C19H25NO2. The maximum atomic E-state index is 13.1. The van der Waals surface area contributed by atoms with Gasteiger partial charge in [0.2, 0.25) is 5.91 Å². The van der Waals surface area contributed by atoms with Gasteiger partial charge in [-0.05, 0) is 56.6 Å². The van der Waals surface area contributed by atoms with Crippen LogP contribution in [-0.4, -0.2) is 17.2 Å². The molecule has 1 aliphatic heterocycles. The summed E-state index contributed by atoms with van der Waals surface area (Å²) in [6.07, 6.45) is 4.86. The number of ketones is 1. The molecule has 1 amide bonds. The van der Waals surface area contributed by atoms with Crippen molar-refractivity contribution in [3.05, 3.63) is 34.9 Å². The lowest BCUT2D eigenvalue weighted by molar-refractivity contribution is -0.126. The van der Waals surface area contributed by atoms with E-state index in [1.165, 1.54) is 6.42 Å². The fraction of sp³-hybridized carbons (Fsp3) is 0.579. The van der Waals surface area contributed by atoms with E-state index in [-0.39, 0.29) is 11.7 Å². The van der Waals surface area contributed by atoms with E-state index in [1.807, 2.05) is 32.0 Å². The number of hydrogen-bond acceptors (Lipinski definition) is 2. The molecule has 1 heterocycles. The summed E-state index contributed by atoms with van der Waals surface area (Å²) in [5.74, 6) is 0.0857. The second kappa shape index (κ2) is 5.53. The summed E-state index contributed by atoms with van der Waals surface area (Å²) in [5.41, 5.74) is 2.41. The standard InChI is InChI=1S/C19H25NO2/c1-4-14-7-9-19(10-8-14)17(21)16(18(22)20-19)15-11-12(2)5-6-13(15)3/h5-6,11,14,16H,4,7-10H2,1-3H3,(H,20,22). The molecule has 1 spiro atoms. The van der Waals surface area contributed by atoms with E-state index >= 15 is 0 Å². The summed E-state index contributed by atoms with van der Waals surface area (Å²) in [6.45, 7) is 6.19. The van der Waals surface area contributed by atoms with E-state index in [1.54, 1.807) is 0 Å². The zero-order valence-corrected chi connectivity index (χ0v) is 13.7. The van der Waals surface area contributed by atoms with Gasteiger partial charge in [0.1, 0.15) is 5.92 Å². The minimum atomic E-state index is -0.613. The molecule has 1 saturated carbocycles. The van der Waals surface area contributed by atoms with Crippen LogP contribution in [0.3, 0.4) is 0 Å². The van der Waals surface area contributed by atoms with Crippen LogP contribution in [0.5, 0.6) is 0 Å². The molecule has 2 fully saturated rings. The maximum Gasteiger partial charge on any atom is 0.235 e. The zero-order chi connectivity index (χ0) is 15.9. The van der Waals surface area contributed by atoms with Crippen LogP contribution in [0.25, 0.3) is 0 Å². The van der Waals surface area contributed by atoms with E-state index in [9.17, 15) is 9.59 Å². The second-order valence-electron chi connectivity index (χ2n) is 7.08. The Hall–Kier alpha value is -1.64. The lowest BCUT2D eigenvalue weighted by atomic mass is 9.72. The number of carbonyl (C=O) groups excluding carboxylic acids is 2. The highest BCUT2D eigenvalue weighted by Gasteiger charge is 2.53. The molecule has 1 atom stereocenters. The summed E-state index contributed by atoms with van der Waals surface area (Å²) < 4.78 is 0. The first-order valence-corrected chi connectivity index (χ1v) is 8.40. The number of hydrogen-bond donors (Lipinski definition) is 1. The van der Waals surface area contributed by atoms with E-state index in [0.717, 1.165) is 42.4 Å². The predicted molar refractivity (Wildman–Crippen MR) is 86.8 cm³/mol. The number of Topliss-reactive ketones (excluding diaryl/α,β-unsaturated/α-hetero) is 1. The zero-order valence-electron chi connectivity index (χ0n) is 13.7. The average molecular weight is 299 g/mol. The fourth-order valence-electron chi connectivity index (χ4n) is 4.07. The first kappa shape index (κ1) is 15.3. The Kier molecular flexibility index (Phi) is 3.84. The molecule has 1 aliphatic carbocycles. The summed E-state index contributed by atoms with van der Waals surface area (Å²) in [7, 11) is 0. The van der Waals surface area contributed by atoms with Crippen LogP contribution in [0.4, 0.5) is 0 Å². The molecule has 118 valence electrons. The first-order chi connectivity index (χ1) is 10.5. The third kappa shape index (κ3) is 2.37. The van der Waals surface area contributed by atoms with E-state index in [4.69, 9.17) is 0 Å². The minimum absolute atomic E-state index is 0.0979. The summed E-state index contributed by atoms with van der Waals surface area (Å²) in [4.78, 5) is 25.6. The van der Waals surface area contributed by atoms with Gasteiger partial charge in [-0.15, -0.1) is 0 Å². The number of nitrogens with one attached hydrogen (secondary N) is 1. The minimum Gasteiger partial charge on any atom is -0.343 e. The van der Waals surface area contributed by atoms with Crippen LogP contribution < -0.4 is 5.32 Å². The SMILES string of the molecule is CCC1CCC2(CC1)NC(=O)C(c1cc(C)ccc1C)C2=O. The van der Waals surface area contributed by atoms with Gasteiger partial charge in [0.05, 0.1) is 5.54 Å². The van der Waals surface area contributed by atoms with Crippen molar-refractivity contribution in [1.82, 2.24) is 5.32 Å². The number of aryl methyl sites for hydroxylation is 2. The highest BCUT2D eigenvalue weighted by Crippen LogP contribution is 2.42. The molecule has 1 aromatic carbocycles. The number of amides is 1. The molecule has 0 aromatic heterocycles. The van der Waals surface area contributed by atoms with Gasteiger partial charge in [-0.1, -0.05) is 37.1 Å². The molecule has 1 N–H and O–H groups in total. The fourth-order valence-corrected chi connectivity index (χ4v) is 4.07. The van der Waals surface area contributed by atoms with Crippen molar-refractivity contribution in [2.75, 3.05) is 0 Å². The van der Waals surface area contributed by atoms with Crippen molar-refractivity contribution < 1.29 is 9.59 Å². The maximum absolute atomic E-state index is 13.1. The Labute approximate surface area is 132 Å². The lowest BCUT2D eigenvalue weighted by Gasteiger charge is -2.35. The van der Waals surface area contributed by atoms with Crippen molar-refractivity contribution in [3.63, 3.8) is 0 Å². The molecule has 0 radical (unpaired) electrons.